The summed E-state index contributed by atoms with van der Waals surface area (Å²) >= 11 is 12.4. The van der Waals surface area contributed by atoms with E-state index in [1.807, 2.05) is 13.8 Å². The molecule has 2 rings (SSSR count). The molecule has 36 heavy (non-hydrogen) atoms. The number of carbonyl (C=O) groups excluding carboxylic acids is 2. The van der Waals surface area contributed by atoms with E-state index in [0.29, 0.717) is 27.9 Å². The number of rotatable bonds is 12. The summed E-state index contributed by atoms with van der Waals surface area (Å²) in [4.78, 5) is 27.8. The largest absolute Gasteiger partial charge is 0.495 e. The highest BCUT2D eigenvalue weighted by atomic mass is 35.5. The van der Waals surface area contributed by atoms with E-state index in [1.54, 1.807) is 43.3 Å². The van der Waals surface area contributed by atoms with Crippen molar-refractivity contribution >= 4 is 50.7 Å². The van der Waals surface area contributed by atoms with Crippen LogP contribution < -0.4 is 14.4 Å². The monoisotopic (exact) mass is 557 g/mol. The van der Waals surface area contributed by atoms with E-state index in [9.17, 15) is 18.0 Å². The number of aryl methyl sites for hydroxylation is 1. The summed E-state index contributed by atoms with van der Waals surface area (Å²) in [5.41, 5.74) is 1.60. The molecule has 0 spiro atoms. The Kier molecular flexibility index (Phi) is 10.9. The number of carbonyl (C=O) groups is 2. The normalized spacial score (nSPS) is 12.1. The van der Waals surface area contributed by atoms with Gasteiger partial charge in [-0.05, 0) is 55.7 Å². The van der Waals surface area contributed by atoms with Gasteiger partial charge >= 0.3 is 0 Å². The average Bonchev–Trinajstić information content (AvgIpc) is 2.80. The lowest BCUT2D eigenvalue weighted by Crippen LogP contribution is -2.51. The van der Waals surface area contributed by atoms with Crippen LogP contribution in [0.3, 0.4) is 0 Å². The zero-order chi connectivity index (χ0) is 27.0. The van der Waals surface area contributed by atoms with Crippen LogP contribution in [0.2, 0.25) is 10.0 Å². The molecule has 0 radical (unpaired) electrons. The standard InChI is InChI=1S/C25H33Cl2N3O5S/c1-6-7-12-28-25(32)18(3)29(15-19-9-10-20(26)14-21(19)27)24(31)16-30(36(5,33)34)22-13-17(2)8-11-23(22)35-4/h8-11,13-14,18H,6-7,12,15-16H2,1-5H3,(H,28,32). The first-order chi connectivity index (χ1) is 16.9. The Morgan fingerprint density at radius 2 is 1.83 bits per heavy atom. The van der Waals surface area contributed by atoms with Gasteiger partial charge < -0.3 is 15.0 Å². The maximum Gasteiger partial charge on any atom is 0.244 e. The number of anilines is 1. The van der Waals surface area contributed by atoms with Crippen LogP contribution in [0.15, 0.2) is 36.4 Å². The first-order valence-electron chi connectivity index (χ1n) is 11.5. The van der Waals surface area contributed by atoms with Gasteiger partial charge in [0, 0.05) is 23.1 Å². The highest BCUT2D eigenvalue weighted by Crippen LogP contribution is 2.31. The van der Waals surface area contributed by atoms with E-state index < -0.39 is 28.5 Å². The van der Waals surface area contributed by atoms with Crippen LogP contribution in [-0.4, -0.2) is 57.6 Å². The van der Waals surface area contributed by atoms with E-state index in [2.05, 4.69) is 5.32 Å². The van der Waals surface area contributed by atoms with Gasteiger partial charge in [-0.3, -0.25) is 13.9 Å². The molecule has 1 atom stereocenters. The fourth-order valence-electron chi connectivity index (χ4n) is 3.54. The third-order valence-corrected chi connectivity index (χ3v) is 7.35. The number of nitrogens with one attached hydrogen (secondary N) is 1. The minimum atomic E-state index is -3.88. The number of ether oxygens (including phenoxy) is 1. The number of nitrogens with zero attached hydrogens (tertiary/aromatic N) is 2. The molecule has 0 saturated heterocycles. The van der Waals surface area contributed by atoms with E-state index >= 15 is 0 Å². The van der Waals surface area contributed by atoms with Crippen molar-refractivity contribution in [2.45, 2.75) is 46.2 Å². The summed E-state index contributed by atoms with van der Waals surface area (Å²) in [5.74, 6) is -0.620. The highest BCUT2D eigenvalue weighted by molar-refractivity contribution is 7.92. The van der Waals surface area contributed by atoms with Crippen LogP contribution in [0.5, 0.6) is 5.75 Å². The molecule has 0 aliphatic heterocycles. The van der Waals surface area contributed by atoms with Gasteiger partial charge in [0.05, 0.1) is 19.1 Å². The van der Waals surface area contributed by atoms with Crippen molar-refractivity contribution in [2.75, 3.05) is 30.8 Å². The molecule has 2 aromatic rings. The fourth-order valence-corrected chi connectivity index (χ4v) is 4.85. The zero-order valence-electron chi connectivity index (χ0n) is 21.2. The second kappa shape index (κ2) is 13.2. The molecule has 1 unspecified atom stereocenters. The van der Waals surface area contributed by atoms with Gasteiger partial charge in [-0.25, -0.2) is 8.42 Å². The molecular weight excluding hydrogens is 525 g/mol. The molecule has 198 valence electrons. The van der Waals surface area contributed by atoms with Gasteiger partial charge in [0.2, 0.25) is 21.8 Å². The topological polar surface area (TPSA) is 96.0 Å². The smallest absolute Gasteiger partial charge is 0.244 e. The van der Waals surface area contributed by atoms with Crippen molar-refractivity contribution in [3.63, 3.8) is 0 Å². The summed E-state index contributed by atoms with van der Waals surface area (Å²) < 4.78 is 31.9. The number of hydrogen-bond acceptors (Lipinski definition) is 5. The number of sulfonamides is 1. The zero-order valence-corrected chi connectivity index (χ0v) is 23.5. The molecule has 0 bridgehead atoms. The molecule has 0 fully saturated rings. The average molecular weight is 559 g/mol. The lowest BCUT2D eigenvalue weighted by molar-refractivity contribution is -0.139. The van der Waals surface area contributed by atoms with E-state index in [-0.39, 0.29) is 18.1 Å². The summed E-state index contributed by atoms with van der Waals surface area (Å²) in [6.45, 7) is 5.34. The minimum absolute atomic E-state index is 0.0141. The molecule has 0 aliphatic carbocycles. The molecule has 11 heteroatoms. The predicted molar refractivity (Wildman–Crippen MR) is 144 cm³/mol. The molecule has 0 aliphatic rings. The number of methoxy groups -OCH3 is 1. The Morgan fingerprint density at radius 3 is 2.42 bits per heavy atom. The van der Waals surface area contributed by atoms with Crippen molar-refractivity contribution in [3.05, 3.63) is 57.6 Å². The van der Waals surface area contributed by atoms with Crippen LogP contribution in [0.4, 0.5) is 5.69 Å². The molecule has 0 heterocycles. The maximum atomic E-state index is 13.6. The summed E-state index contributed by atoms with van der Waals surface area (Å²) in [5, 5.41) is 3.60. The summed E-state index contributed by atoms with van der Waals surface area (Å²) in [6.07, 6.45) is 2.72. The number of halogens is 2. The molecule has 2 amide bonds. The van der Waals surface area contributed by atoms with Crippen molar-refractivity contribution < 1.29 is 22.7 Å². The quantitative estimate of drug-likeness (QED) is 0.390. The number of benzene rings is 2. The predicted octanol–water partition coefficient (Wildman–Crippen LogP) is 4.41. The Bertz CT molecular complexity index is 1190. The van der Waals surface area contributed by atoms with Gasteiger partial charge in [0.25, 0.3) is 0 Å². The van der Waals surface area contributed by atoms with Crippen LogP contribution in [0, 0.1) is 6.92 Å². The Balaban J connectivity index is 2.46. The van der Waals surface area contributed by atoms with Crippen LogP contribution >= 0.6 is 23.2 Å². The fraction of sp³-hybridized carbons (Fsp3) is 0.440. The molecular formula is C25H33Cl2N3O5S. The molecule has 8 nitrogen and oxygen atoms in total. The number of unbranched alkanes of at least 4 members (excludes halogenated alkanes) is 1. The van der Waals surface area contributed by atoms with Crippen molar-refractivity contribution in [3.8, 4) is 5.75 Å². The van der Waals surface area contributed by atoms with E-state index in [4.69, 9.17) is 27.9 Å². The van der Waals surface area contributed by atoms with Gasteiger partial charge in [-0.2, -0.15) is 0 Å². The van der Waals surface area contributed by atoms with Crippen LogP contribution in [0.25, 0.3) is 0 Å². The molecule has 2 aromatic carbocycles. The second-order valence-electron chi connectivity index (χ2n) is 8.52. The maximum absolute atomic E-state index is 13.6. The molecule has 1 N–H and O–H groups in total. The van der Waals surface area contributed by atoms with Crippen LogP contribution in [-0.2, 0) is 26.2 Å². The summed E-state index contributed by atoms with van der Waals surface area (Å²) in [6, 6.07) is 9.02. The first kappa shape index (κ1) is 29.7. The second-order valence-corrected chi connectivity index (χ2v) is 11.3. The van der Waals surface area contributed by atoms with E-state index in [0.717, 1.165) is 29.0 Å². The van der Waals surface area contributed by atoms with Crippen molar-refractivity contribution in [1.82, 2.24) is 10.2 Å². The van der Waals surface area contributed by atoms with Gasteiger partial charge in [0.1, 0.15) is 18.3 Å². The van der Waals surface area contributed by atoms with Gasteiger partial charge in [-0.15, -0.1) is 0 Å². The SMILES string of the molecule is CCCCNC(=O)C(C)N(Cc1ccc(Cl)cc1Cl)C(=O)CN(c1cc(C)ccc1OC)S(C)(=O)=O. The number of amides is 2. The Hall–Kier alpha value is -2.49. The third-order valence-electron chi connectivity index (χ3n) is 5.63. The third kappa shape index (κ3) is 8.01. The van der Waals surface area contributed by atoms with Crippen LogP contribution in [0.1, 0.15) is 37.8 Å². The lowest BCUT2D eigenvalue weighted by atomic mass is 10.1. The van der Waals surface area contributed by atoms with Crippen molar-refractivity contribution in [1.29, 1.82) is 0 Å². The Morgan fingerprint density at radius 1 is 1.14 bits per heavy atom. The number of hydrogen-bond donors (Lipinski definition) is 1. The van der Waals surface area contributed by atoms with Gasteiger partial charge in [0.15, 0.2) is 0 Å². The van der Waals surface area contributed by atoms with E-state index in [1.165, 1.54) is 12.0 Å². The first-order valence-corrected chi connectivity index (χ1v) is 14.1. The highest BCUT2D eigenvalue weighted by Gasteiger charge is 2.31. The lowest BCUT2D eigenvalue weighted by Gasteiger charge is -2.32. The van der Waals surface area contributed by atoms with Crippen molar-refractivity contribution in [2.24, 2.45) is 0 Å². The molecule has 0 saturated carbocycles. The Labute approximate surface area is 223 Å². The summed E-state index contributed by atoms with van der Waals surface area (Å²) in [7, 11) is -2.46. The van der Waals surface area contributed by atoms with Gasteiger partial charge in [-0.1, -0.05) is 48.7 Å². The molecule has 0 aromatic heterocycles. The minimum Gasteiger partial charge on any atom is -0.495 e.